The first-order chi connectivity index (χ1) is 8.91. The lowest BCUT2D eigenvalue weighted by molar-refractivity contribution is -0.138. The van der Waals surface area contributed by atoms with E-state index in [1.807, 2.05) is 0 Å². The van der Waals surface area contributed by atoms with Crippen LogP contribution in [0.3, 0.4) is 0 Å². The number of hydrogen-bond acceptors (Lipinski definition) is 1. The number of benzene rings is 2. The molecular formula is C14H8BrF3O. The maximum atomic E-state index is 12.8. The van der Waals surface area contributed by atoms with E-state index < -0.39 is 11.7 Å². The van der Waals surface area contributed by atoms with Crippen LogP contribution in [0.25, 0.3) is 11.1 Å². The lowest BCUT2D eigenvalue weighted by Gasteiger charge is -2.11. The predicted octanol–water partition coefficient (Wildman–Crippen LogP) is 4.95. The third-order valence-electron chi connectivity index (χ3n) is 2.63. The van der Waals surface area contributed by atoms with Crippen molar-refractivity contribution in [3.63, 3.8) is 0 Å². The molecular weight excluding hydrogens is 321 g/mol. The molecule has 0 aromatic heterocycles. The minimum atomic E-state index is -4.42. The Morgan fingerprint density at radius 2 is 1.68 bits per heavy atom. The van der Waals surface area contributed by atoms with Gasteiger partial charge >= 0.3 is 6.18 Å². The Hall–Kier alpha value is -1.62. The second-order valence-electron chi connectivity index (χ2n) is 3.94. The highest BCUT2D eigenvalue weighted by Crippen LogP contribution is 2.37. The number of aldehydes is 1. The van der Waals surface area contributed by atoms with Crippen LogP contribution < -0.4 is 0 Å². The summed E-state index contributed by atoms with van der Waals surface area (Å²) < 4.78 is 38.4. The minimum absolute atomic E-state index is 0.00436. The molecule has 0 spiro atoms. The van der Waals surface area contributed by atoms with E-state index in [1.165, 1.54) is 6.07 Å². The summed E-state index contributed by atoms with van der Waals surface area (Å²) in [5.41, 5.74) is 0.678. The summed E-state index contributed by atoms with van der Waals surface area (Å²) in [5, 5.41) is 0. The molecule has 19 heavy (non-hydrogen) atoms. The van der Waals surface area contributed by atoms with Crippen LogP contribution in [-0.4, -0.2) is 6.29 Å². The van der Waals surface area contributed by atoms with E-state index in [1.54, 1.807) is 30.3 Å². The van der Waals surface area contributed by atoms with Crippen molar-refractivity contribution >= 4 is 22.2 Å². The Morgan fingerprint density at radius 3 is 2.32 bits per heavy atom. The van der Waals surface area contributed by atoms with Crippen molar-refractivity contribution in [2.45, 2.75) is 6.18 Å². The van der Waals surface area contributed by atoms with Gasteiger partial charge in [-0.3, -0.25) is 4.79 Å². The molecule has 0 saturated heterocycles. The lowest BCUT2D eigenvalue weighted by atomic mass is 10.0. The molecule has 5 heteroatoms. The molecule has 0 amide bonds. The van der Waals surface area contributed by atoms with Gasteiger partial charge < -0.3 is 0 Å². The summed E-state index contributed by atoms with van der Waals surface area (Å²) in [6.45, 7) is 0. The summed E-state index contributed by atoms with van der Waals surface area (Å²) in [5.74, 6) is 0. The molecule has 0 aliphatic carbocycles. The van der Waals surface area contributed by atoms with Gasteiger partial charge in [-0.05, 0) is 29.3 Å². The van der Waals surface area contributed by atoms with Gasteiger partial charge in [-0.2, -0.15) is 13.2 Å². The Balaban J connectivity index is 2.54. The van der Waals surface area contributed by atoms with Crippen molar-refractivity contribution in [1.29, 1.82) is 0 Å². The van der Waals surface area contributed by atoms with E-state index in [4.69, 9.17) is 0 Å². The van der Waals surface area contributed by atoms with Gasteiger partial charge in [0.25, 0.3) is 0 Å². The molecule has 0 aliphatic heterocycles. The molecule has 0 bridgehead atoms. The van der Waals surface area contributed by atoms with Crippen LogP contribution in [0.15, 0.2) is 46.9 Å². The fourth-order valence-corrected chi connectivity index (χ4v) is 2.19. The average molecular weight is 329 g/mol. The maximum Gasteiger partial charge on any atom is 0.417 e. The van der Waals surface area contributed by atoms with Crippen LogP contribution in [-0.2, 0) is 6.18 Å². The Bertz CT molecular complexity index is 620. The van der Waals surface area contributed by atoms with Crippen LogP contribution in [0.5, 0.6) is 0 Å². The molecule has 98 valence electrons. The molecule has 0 saturated carbocycles. The Morgan fingerprint density at radius 1 is 1.00 bits per heavy atom. The highest BCUT2D eigenvalue weighted by atomic mass is 79.9. The summed E-state index contributed by atoms with van der Waals surface area (Å²) in [4.78, 5) is 10.7. The zero-order chi connectivity index (χ0) is 14.0. The molecule has 0 atom stereocenters. The van der Waals surface area contributed by atoms with E-state index in [-0.39, 0.29) is 4.47 Å². The monoisotopic (exact) mass is 328 g/mol. The highest BCUT2D eigenvalue weighted by molar-refractivity contribution is 9.10. The van der Waals surface area contributed by atoms with Gasteiger partial charge in [0.1, 0.15) is 6.29 Å². The van der Waals surface area contributed by atoms with Crippen molar-refractivity contribution in [3.8, 4) is 11.1 Å². The quantitative estimate of drug-likeness (QED) is 0.713. The van der Waals surface area contributed by atoms with Gasteiger partial charge in [-0.25, -0.2) is 0 Å². The van der Waals surface area contributed by atoms with Crippen molar-refractivity contribution in [1.82, 2.24) is 0 Å². The highest BCUT2D eigenvalue weighted by Gasteiger charge is 2.33. The molecule has 0 heterocycles. The summed E-state index contributed by atoms with van der Waals surface area (Å²) in [6.07, 6.45) is -3.76. The third-order valence-corrected chi connectivity index (χ3v) is 3.32. The summed E-state index contributed by atoms with van der Waals surface area (Å²) >= 11 is 2.89. The van der Waals surface area contributed by atoms with Crippen molar-refractivity contribution in [2.75, 3.05) is 0 Å². The minimum Gasteiger partial charge on any atom is -0.298 e. The summed E-state index contributed by atoms with van der Waals surface area (Å²) in [6, 6.07) is 10.4. The van der Waals surface area contributed by atoms with Crippen LogP contribution in [0.2, 0.25) is 0 Å². The largest absolute Gasteiger partial charge is 0.417 e. The van der Waals surface area contributed by atoms with Gasteiger partial charge in [-0.1, -0.05) is 40.2 Å². The second kappa shape index (κ2) is 5.17. The smallest absolute Gasteiger partial charge is 0.298 e. The first-order valence-electron chi connectivity index (χ1n) is 5.34. The van der Waals surface area contributed by atoms with Gasteiger partial charge in [-0.15, -0.1) is 0 Å². The first kappa shape index (κ1) is 13.8. The molecule has 0 aliphatic rings. The van der Waals surface area contributed by atoms with Crippen molar-refractivity contribution in [2.24, 2.45) is 0 Å². The number of alkyl halides is 3. The molecule has 2 rings (SSSR count). The number of rotatable bonds is 2. The molecule has 0 radical (unpaired) electrons. The van der Waals surface area contributed by atoms with Crippen LogP contribution in [0, 0.1) is 0 Å². The van der Waals surface area contributed by atoms with Crippen molar-refractivity contribution < 1.29 is 18.0 Å². The number of carbonyl (C=O) groups excluding carboxylic acids is 1. The van der Waals surface area contributed by atoms with Gasteiger partial charge in [0.05, 0.1) is 5.56 Å². The van der Waals surface area contributed by atoms with E-state index >= 15 is 0 Å². The number of halogens is 4. The fourth-order valence-electron chi connectivity index (χ4n) is 1.71. The molecule has 2 aromatic rings. The molecule has 1 nitrogen and oxygen atoms in total. The SMILES string of the molecule is O=Cc1cccc(-c2ccc(Br)c(C(F)(F)F)c2)c1. The summed E-state index contributed by atoms with van der Waals surface area (Å²) in [7, 11) is 0. The average Bonchev–Trinajstić information content (AvgIpc) is 2.38. The van der Waals surface area contributed by atoms with Crippen LogP contribution in [0.4, 0.5) is 13.2 Å². The fraction of sp³-hybridized carbons (Fsp3) is 0.0714. The Labute approximate surface area is 116 Å². The maximum absolute atomic E-state index is 12.8. The van der Waals surface area contributed by atoms with Gasteiger partial charge in [0.15, 0.2) is 0 Å². The zero-order valence-corrected chi connectivity index (χ0v) is 11.1. The van der Waals surface area contributed by atoms with E-state index in [2.05, 4.69) is 15.9 Å². The van der Waals surface area contributed by atoms with E-state index in [0.29, 0.717) is 23.0 Å². The predicted molar refractivity (Wildman–Crippen MR) is 70.0 cm³/mol. The topological polar surface area (TPSA) is 17.1 Å². The van der Waals surface area contributed by atoms with E-state index in [9.17, 15) is 18.0 Å². The Kier molecular flexibility index (Phi) is 3.75. The van der Waals surface area contributed by atoms with Gasteiger partial charge in [0, 0.05) is 10.0 Å². The van der Waals surface area contributed by atoms with Crippen LogP contribution in [0.1, 0.15) is 15.9 Å². The molecule has 0 N–H and O–H groups in total. The number of carbonyl (C=O) groups is 1. The molecule has 2 aromatic carbocycles. The molecule has 0 fully saturated rings. The standard InChI is InChI=1S/C14H8BrF3O/c15-13-5-4-11(7-12(13)14(16,17)18)10-3-1-2-9(6-10)8-19/h1-8H. The number of hydrogen-bond donors (Lipinski definition) is 0. The van der Waals surface area contributed by atoms with E-state index in [0.717, 1.165) is 6.07 Å². The lowest BCUT2D eigenvalue weighted by Crippen LogP contribution is -2.06. The first-order valence-corrected chi connectivity index (χ1v) is 6.13. The van der Waals surface area contributed by atoms with Crippen molar-refractivity contribution in [3.05, 3.63) is 58.1 Å². The van der Waals surface area contributed by atoms with Crippen LogP contribution >= 0.6 is 15.9 Å². The third kappa shape index (κ3) is 3.04. The normalized spacial score (nSPS) is 11.4. The zero-order valence-electron chi connectivity index (χ0n) is 9.54. The van der Waals surface area contributed by atoms with Gasteiger partial charge in [0.2, 0.25) is 0 Å². The molecule has 0 unspecified atom stereocenters. The second-order valence-corrected chi connectivity index (χ2v) is 4.79.